The third-order valence-electron chi connectivity index (χ3n) is 4.66. The van der Waals surface area contributed by atoms with Crippen LogP contribution in [-0.4, -0.2) is 25.3 Å². The fourth-order valence-electron chi connectivity index (χ4n) is 3.56. The quantitative estimate of drug-likeness (QED) is 0.722. The number of aromatic nitrogens is 4. The zero-order valence-corrected chi connectivity index (χ0v) is 14.3. The van der Waals surface area contributed by atoms with Gasteiger partial charge in [0.2, 0.25) is 5.95 Å². The zero-order valence-electron chi connectivity index (χ0n) is 14.3. The molecule has 0 amide bonds. The Hall–Kier alpha value is -3.46. The van der Waals surface area contributed by atoms with Crippen LogP contribution in [-0.2, 0) is 6.42 Å². The molecule has 1 aliphatic rings. The molecule has 26 heavy (non-hydrogen) atoms. The first-order valence-corrected chi connectivity index (χ1v) is 8.33. The van der Waals surface area contributed by atoms with Crippen LogP contribution in [0, 0.1) is 19.3 Å². The average Bonchev–Trinajstić information content (AvgIpc) is 3.10. The number of anilines is 1. The molecule has 1 aliphatic carbocycles. The van der Waals surface area contributed by atoms with Crippen LogP contribution in [0.1, 0.15) is 45.5 Å². The molecule has 1 unspecified atom stereocenters. The van der Waals surface area contributed by atoms with E-state index in [9.17, 15) is 4.79 Å². The minimum atomic E-state index is -0.0757. The first kappa shape index (κ1) is 16.0. The lowest BCUT2D eigenvalue weighted by molar-refractivity contribution is 0.0960. The number of Topliss-reactive ketones (excluding diaryl/α,β-unsaturated/α-hetero) is 1. The van der Waals surface area contributed by atoms with Crippen LogP contribution in [0.3, 0.4) is 0 Å². The predicted octanol–water partition coefficient (Wildman–Crippen LogP) is 2.45. The van der Waals surface area contributed by atoms with Crippen molar-refractivity contribution in [3.05, 3.63) is 65.0 Å². The Kier molecular flexibility index (Phi) is 3.77. The zero-order chi connectivity index (χ0) is 18.3. The molecule has 0 fully saturated rings. The molecule has 3 aromatic rings. The number of fused-ring (bicyclic) bond motifs is 1. The summed E-state index contributed by atoms with van der Waals surface area (Å²) in [4.78, 5) is 25.6. The number of rotatable bonds is 2. The SMILES string of the molecule is C#Cc1cccc(-n2ccnc2C2CC(=O)c3c(C)nc(N)nc3C2)c1. The van der Waals surface area contributed by atoms with E-state index >= 15 is 0 Å². The molecule has 1 aromatic carbocycles. The van der Waals surface area contributed by atoms with Crippen LogP contribution in [0.15, 0.2) is 36.7 Å². The van der Waals surface area contributed by atoms with E-state index in [1.807, 2.05) is 35.0 Å². The number of ketones is 1. The monoisotopic (exact) mass is 343 g/mol. The van der Waals surface area contributed by atoms with E-state index < -0.39 is 0 Å². The van der Waals surface area contributed by atoms with Crippen molar-refractivity contribution < 1.29 is 4.79 Å². The van der Waals surface area contributed by atoms with Crippen LogP contribution in [0.5, 0.6) is 0 Å². The Balaban J connectivity index is 1.75. The molecule has 0 bridgehead atoms. The molecular weight excluding hydrogens is 326 g/mol. The Morgan fingerprint density at radius 2 is 2.15 bits per heavy atom. The molecule has 0 saturated carbocycles. The lowest BCUT2D eigenvalue weighted by atomic mass is 9.84. The van der Waals surface area contributed by atoms with Crippen molar-refractivity contribution in [2.24, 2.45) is 0 Å². The third kappa shape index (κ3) is 2.64. The summed E-state index contributed by atoms with van der Waals surface area (Å²) in [5.74, 6) is 3.60. The van der Waals surface area contributed by atoms with Gasteiger partial charge >= 0.3 is 0 Å². The summed E-state index contributed by atoms with van der Waals surface area (Å²) in [5.41, 5.74) is 9.42. The Bertz CT molecular complexity index is 1060. The fourth-order valence-corrected chi connectivity index (χ4v) is 3.56. The van der Waals surface area contributed by atoms with Gasteiger partial charge in [0.25, 0.3) is 0 Å². The molecule has 128 valence electrons. The summed E-state index contributed by atoms with van der Waals surface area (Å²) < 4.78 is 1.97. The smallest absolute Gasteiger partial charge is 0.220 e. The van der Waals surface area contributed by atoms with Crippen molar-refractivity contribution >= 4 is 11.7 Å². The van der Waals surface area contributed by atoms with Gasteiger partial charge in [-0.25, -0.2) is 15.0 Å². The number of nitrogens with two attached hydrogens (primary N) is 1. The Morgan fingerprint density at radius 1 is 1.31 bits per heavy atom. The number of hydrogen-bond acceptors (Lipinski definition) is 5. The minimum Gasteiger partial charge on any atom is -0.368 e. The number of terminal acetylenes is 1. The van der Waals surface area contributed by atoms with Crippen molar-refractivity contribution in [3.63, 3.8) is 0 Å². The molecule has 1 atom stereocenters. The second-order valence-corrected chi connectivity index (χ2v) is 6.37. The normalized spacial score (nSPS) is 16.2. The number of aryl methyl sites for hydroxylation is 1. The fraction of sp³-hybridized carbons (Fsp3) is 0.200. The predicted molar refractivity (Wildman–Crippen MR) is 98.1 cm³/mol. The first-order chi connectivity index (χ1) is 12.6. The average molecular weight is 343 g/mol. The van der Waals surface area contributed by atoms with Gasteiger partial charge in [-0.3, -0.25) is 4.79 Å². The largest absolute Gasteiger partial charge is 0.368 e. The summed E-state index contributed by atoms with van der Waals surface area (Å²) in [6.45, 7) is 1.79. The van der Waals surface area contributed by atoms with Crippen molar-refractivity contribution in [1.82, 2.24) is 19.5 Å². The molecule has 2 aromatic heterocycles. The van der Waals surface area contributed by atoms with Gasteiger partial charge in [0.15, 0.2) is 5.78 Å². The number of carbonyl (C=O) groups excluding carboxylic acids is 1. The molecular formula is C20H17N5O. The highest BCUT2D eigenvalue weighted by molar-refractivity contribution is 5.99. The lowest BCUT2D eigenvalue weighted by Gasteiger charge is -2.24. The van der Waals surface area contributed by atoms with Crippen LogP contribution in [0.2, 0.25) is 0 Å². The topological polar surface area (TPSA) is 86.7 Å². The lowest BCUT2D eigenvalue weighted by Crippen LogP contribution is -2.24. The van der Waals surface area contributed by atoms with Gasteiger partial charge in [0.1, 0.15) is 5.82 Å². The Labute approximate surface area is 151 Å². The summed E-state index contributed by atoms with van der Waals surface area (Å²) in [6.07, 6.45) is 10.1. The van der Waals surface area contributed by atoms with Crippen molar-refractivity contribution in [2.75, 3.05) is 5.73 Å². The van der Waals surface area contributed by atoms with Gasteiger partial charge in [-0.1, -0.05) is 12.0 Å². The van der Waals surface area contributed by atoms with E-state index in [-0.39, 0.29) is 17.6 Å². The third-order valence-corrected chi connectivity index (χ3v) is 4.66. The highest BCUT2D eigenvalue weighted by Gasteiger charge is 2.32. The molecule has 2 N–H and O–H groups in total. The highest BCUT2D eigenvalue weighted by Crippen LogP contribution is 2.33. The maximum atomic E-state index is 12.7. The van der Waals surface area contributed by atoms with E-state index in [0.29, 0.717) is 29.8 Å². The van der Waals surface area contributed by atoms with E-state index in [4.69, 9.17) is 12.2 Å². The van der Waals surface area contributed by atoms with Gasteiger partial charge in [-0.2, -0.15) is 0 Å². The van der Waals surface area contributed by atoms with Gasteiger partial charge in [0.05, 0.1) is 17.0 Å². The number of hydrogen-bond donors (Lipinski definition) is 1. The minimum absolute atomic E-state index is 0.0284. The van der Waals surface area contributed by atoms with Crippen LogP contribution in [0.25, 0.3) is 5.69 Å². The van der Waals surface area contributed by atoms with E-state index in [0.717, 1.165) is 17.1 Å². The highest BCUT2D eigenvalue weighted by atomic mass is 16.1. The summed E-state index contributed by atoms with van der Waals surface area (Å²) in [6, 6.07) is 7.68. The maximum Gasteiger partial charge on any atom is 0.220 e. The van der Waals surface area contributed by atoms with E-state index in [1.54, 1.807) is 13.1 Å². The Morgan fingerprint density at radius 3 is 2.96 bits per heavy atom. The standard InChI is InChI=1S/C20H17N5O/c1-3-13-5-4-6-15(9-13)25-8-7-22-19(25)14-10-16-18(17(26)11-14)12(2)23-20(21)24-16/h1,4-9,14H,10-11H2,2H3,(H2,21,23,24). The molecule has 0 radical (unpaired) electrons. The molecule has 6 heteroatoms. The van der Waals surface area contributed by atoms with Crippen LogP contribution < -0.4 is 5.73 Å². The van der Waals surface area contributed by atoms with E-state index in [2.05, 4.69) is 20.9 Å². The van der Waals surface area contributed by atoms with Gasteiger partial charge in [0, 0.05) is 42.4 Å². The maximum absolute atomic E-state index is 12.7. The van der Waals surface area contributed by atoms with Gasteiger partial charge in [-0.05, 0) is 25.1 Å². The first-order valence-electron chi connectivity index (χ1n) is 8.33. The molecule has 0 saturated heterocycles. The van der Waals surface area contributed by atoms with Crippen LogP contribution >= 0.6 is 0 Å². The molecule has 2 heterocycles. The summed E-state index contributed by atoms with van der Waals surface area (Å²) >= 11 is 0. The molecule has 4 rings (SSSR count). The molecule has 0 aliphatic heterocycles. The summed E-state index contributed by atoms with van der Waals surface area (Å²) in [7, 11) is 0. The second-order valence-electron chi connectivity index (χ2n) is 6.37. The van der Waals surface area contributed by atoms with Gasteiger partial charge < -0.3 is 10.3 Å². The summed E-state index contributed by atoms with van der Waals surface area (Å²) in [5, 5.41) is 0. The molecule has 6 nitrogen and oxygen atoms in total. The number of imidazole rings is 1. The number of nitrogens with zero attached hydrogens (tertiary/aromatic N) is 4. The number of nitrogen functional groups attached to an aromatic ring is 1. The number of benzene rings is 1. The van der Waals surface area contributed by atoms with Crippen molar-refractivity contribution in [3.8, 4) is 18.0 Å². The number of carbonyl (C=O) groups is 1. The van der Waals surface area contributed by atoms with Crippen LogP contribution in [0.4, 0.5) is 5.95 Å². The van der Waals surface area contributed by atoms with E-state index in [1.165, 1.54) is 0 Å². The molecule has 0 spiro atoms. The van der Waals surface area contributed by atoms with Crippen molar-refractivity contribution in [2.45, 2.75) is 25.7 Å². The second kappa shape index (κ2) is 6.12. The van der Waals surface area contributed by atoms with Gasteiger partial charge in [-0.15, -0.1) is 6.42 Å². The van der Waals surface area contributed by atoms with Crippen molar-refractivity contribution in [1.29, 1.82) is 0 Å².